The van der Waals surface area contributed by atoms with E-state index in [0.29, 0.717) is 0 Å². The summed E-state index contributed by atoms with van der Waals surface area (Å²) < 4.78 is 11.0. The van der Waals surface area contributed by atoms with Crippen molar-refractivity contribution in [3.05, 3.63) is 35.4 Å². The molecule has 0 aliphatic heterocycles. The molecule has 1 unspecified atom stereocenters. The van der Waals surface area contributed by atoms with Gasteiger partial charge in [-0.1, -0.05) is 24.6 Å². The second-order valence-electron chi connectivity index (χ2n) is 4.75. The molecule has 1 rings (SSSR count). The molecule has 0 fully saturated rings. The molecule has 0 amide bonds. The van der Waals surface area contributed by atoms with Gasteiger partial charge < -0.3 is 14.8 Å². The minimum atomic E-state index is 0.107. The van der Waals surface area contributed by atoms with Gasteiger partial charge in [-0.25, -0.2) is 0 Å². The molecular weight excluding hydrogens is 238 g/mol. The Morgan fingerprint density at radius 1 is 1.21 bits per heavy atom. The molecule has 0 saturated carbocycles. The third-order valence-electron chi connectivity index (χ3n) is 2.89. The van der Waals surface area contributed by atoms with E-state index in [1.807, 2.05) is 18.2 Å². The zero-order chi connectivity index (χ0) is 14.3. The molecule has 0 radical (unpaired) electrons. The van der Waals surface area contributed by atoms with Crippen LogP contribution < -0.4 is 14.8 Å². The maximum Gasteiger partial charge on any atom is 0.127 e. The van der Waals surface area contributed by atoms with Crippen LogP contribution in [0.15, 0.2) is 29.8 Å². The van der Waals surface area contributed by atoms with E-state index in [-0.39, 0.29) is 6.04 Å². The van der Waals surface area contributed by atoms with Gasteiger partial charge in [0, 0.05) is 0 Å². The first-order valence-corrected chi connectivity index (χ1v) is 6.73. The second kappa shape index (κ2) is 7.85. The smallest absolute Gasteiger partial charge is 0.127 e. The van der Waals surface area contributed by atoms with Gasteiger partial charge >= 0.3 is 0 Å². The van der Waals surface area contributed by atoms with Gasteiger partial charge in [0.15, 0.2) is 0 Å². The molecule has 19 heavy (non-hydrogen) atoms. The van der Waals surface area contributed by atoms with Gasteiger partial charge in [-0.3, -0.25) is 0 Å². The van der Waals surface area contributed by atoms with Crippen LogP contribution in [0.5, 0.6) is 11.5 Å². The van der Waals surface area contributed by atoms with Gasteiger partial charge in [-0.05, 0) is 38.9 Å². The van der Waals surface area contributed by atoms with Crippen molar-refractivity contribution in [3.63, 3.8) is 0 Å². The molecule has 1 aromatic carbocycles. The summed E-state index contributed by atoms with van der Waals surface area (Å²) in [5, 5.41) is 3.53. The monoisotopic (exact) mass is 263 g/mol. The van der Waals surface area contributed by atoms with E-state index >= 15 is 0 Å². The molecule has 0 aliphatic rings. The van der Waals surface area contributed by atoms with Crippen LogP contribution in [0, 0.1) is 0 Å². The van der Waals surface area contributed by atoms with Crippen molar-refractivity contribution in [1.29, 1.82) is 0 Å². The fourth-order valence-corrected chi connectivity index (χ4v) is 2.06. The van der Waals surface area contributed by atoms with E-state index in [1.54, 1.807) is 14.2 Å². The summed E-state index contributed by atoms with van der Waals surface area (Å²) in [4.78, 5) is 0. The van der Waals surface area contributed by atoms with Crippen LogP contribution in [-0.2, 0) is 0 Å². The highest BCUT2D eigenvalue weighted by molar-refractivity contribution is 5.48. The Balaban J connectivity index is 3.22. The van der Waals surface area contributed by atoms with Crippen molar-refractivity contribution in [1.82, 2.24) is 5.32 Å². The lowest BCUT2D eigenvalue weighted by Gasteiger charge is -2.21. The number of nitrogens with one attached hydrogen (secondary N) is 1. The summed E-state index contributed by atoms with van der Waals surface area (Å²) in [6, 6.07) is 5.99. The molecule has 0 spiro atoms. The number of methoxy groups -OCH3 is 2. The molecule has 0 aromatic heterocycles. The van der Waals surface area contributed by atoms with Crippen molar-refractivity contribution in [3.8, 4) is 11.5 Å². The van der Waals surface area contributed by atoms with E-state index in [0.717, 1.165) is 30.0 Å². The molecule has 0 aliphatic carbocycles. The molecular formula is C16H25NO2. The predicted molar refractivity (Wildman–Crippen MR) is 80.0 cm³/mol. The van der Waals surface area contributed by atoms with Crippen molar-refractivity contribution in [2.24, 2.45) is 0 Å². The van der Waals surface area contributed by atoms with E-state index in [9.17, 15) is 0 Å². The summed E-state index contributed by atoms with van der Waals surface area (Å²) in [7, 11) is 3.38. The number of hydrogen-bond acceptors (Lipinski definition) is 3. The molecule has 1 atom stereocenters. The van der Waals surface area contributed by atoms with E-state index < -0.39 is 0 Å². The van der Waals surface area contributed by atoms with Crippen molar-refractivity contribution in [2.45, 2.75) is 33.2 Å². The van der Waals surface area contributed by atoms with E-state index in [2.05, 4.69) is 32.2 Å². The Morgan fingerprint density at radius 3 is 2.21 bits per heavy atom. The summed E-state index contributed by atoms with van der Waals surface area (Å²) in [6.07, 6.45) is 3.29. The van der Waals surface area contributed by atoms with Crippen LogP contribution in [-0.4, -0.2) is 20.8 Å². The normalized spacial score (nSPS) is 11.8. The quantitative estimate of drug-likeness (QED) is 0.761. The highest BCUT2D eigenvalue weighted by Gasteiger charge is 2.18. The van der Waals surface area contributed by atoms with Gasteiger partial charge in [-0.2, -0.15) is 0 Å². The van der Waals surface area contributed by atoms with E-state index in [4.69, 9.17) is 9.47 Å². The van der Waals surface area contributed by atoms with Crippen LogP contribution in [0.3, 0.4) is 0 Å². The van der Waals surface area contributed by atoms with Crippen LogP contribution in [0.1, 0.15) is 38.8 Å². The Hall–Kier alpha value is -1.48. The summed E-state index contributed by atoms with van der Waals surface area (Å²) in [5.74, 6) is 1.70. The first kappa shape index (κ1) is 15.6. The Labute approximate surface area is 116 Å². The summed E-state index contributed by atoms with van der Waals surface area (Å²) in [6.45, 7) is 7.31. The lowest BCUT2D eigenvalue weighted by Crippen LogP contribution is -2.22. The van der Waals surface area contributed by atoms with Crippen molar-refractivity contribution >= 4 is 0 Å². The Kier molecular flexibility index (Phi) is 6.43. The van der Waals surface area contributed by atoms with Crippen LogP contribution >= 0.6 is 0 Å². The van der Waals surface area contributed by atoms with Crippen LogP contribution in [0.2, 0.25) is 0 Å². The maximum atomic E-state index is 5.48. The molecule has 0 bridgehead atoms. The number of allylic oxidation sites excluding steroid dienone is 1. The average Bonchev–Trinajstić information content (AvgIpc) is 2.42. The molecule has 3 nitrogen and oxygen atoms in total. The molecule has 0 saturated heterocycles. The zero-order valence-electron chi connectivity index (χ0n) is 12.6. The van der Waals surface area contributed by atoms with Gasteiger partial charge in [0.25, 0.3) is 0 Å². The molecule has 106 valence electrons. The number of rotatable bonds is 7. The molecule has 0 heterocycles. The molecule has 3 heteroatoms. The third-order valence-corrected chi connectivity index (χ3v) is 2.89. The molecule has 1 aromatic rings. The minimum Gasteiger partial charge on any atom is -0.496 e. The largest absolute Gasteiger partial charge is 0.496 e. The maximum absolute atomic E-state index is 5.48. The number of benzene rings is 1. The van der Waals surface area contributed by atoms with Gasteiger partial charge in [0.2, 0.25) is 0 Å². The highest BCUT2D eigenvalue weighted by atomic mass is 16.5. The zero-order valence-corrected chi connectivity index (χ0v) is 12.6. The fraction of sp³-hybridized carbons (Fsp3) is 0.500. The predicted octanol–water partition coefficient (Wildman–Crippen LogP) is 3.71. The van der Waals surface area contributed by atoms with Gasteiger partial charge in [0.1, 0.15) is 11.5 Å². The number of hydrogen-bond donors (Lipinski definition) is 1. The number of ether oxygens (including phenoxy) is 2. The third kappa shape index (κ3) is 4.28. The fourth-order valence-electron chi connectivity index (χ4n) is 2.06. The van der Waals surface area contributed by atoms with E-state index in [1.165, 1.54) is 5.57 Å². The minimum absolute atomic E-state index is 0.107. The standard InChI is InChI=1S/C16H25NO2/c1-6-10-17-13(11-12(2)3)16-14(18-4)8-7-9-15(16)19-5/h7-9,11,13,17H,6,10H2,1-5H3. The lowest BCUT2D eigenvalue weighted by molar-refractivity contribution is 0.377. The summed E-state index contributed by atoms with van der Waals surface area (Å²) >= 11 is 0. The second-order valence-corrected chi connectivity index (χ2v) is 4.75. The topological polar surface area (TPSA) is 30.5 Å². The van der Waals surface area contributed by atoms with Crippen molar-refractivity contribution in [2.75, 3.05) is 20.8 Å². The first-order valence-electron chi connectivity index (χ1n) is 6.73. The first-order chi connectivity index (χ1) is 9.13. The Morgan fingerprint density at radius 2 is 1.79 bits per heavy atom. The average molecular weight is 263 g/mol. The van der Waals surface area contributed by atoms with Crippen molar-refractivity contribution < 1.29 is 9.47 Å². The Bertz CT molecular complexity index is 401. The van der Waals surface area contributed by atoms with Crippen LogP contribution in [0.25, 0.3) is 0 Å². The molecule has 1 N–H and O–H groups in total. The lowest BCUT2D eigenvalue weighted by atomic mass is 10.0. The highest BCUT2D eigenvalue weighted by Crippen LogP contribution is 2.35. The SMILES string of the molecule is CCCNC(C=C(C)C)c1c(OC)cccc1OC. The van der Waals surface area contributed by atoms with Gasteiger partial charge in [-0.15, -0.1) is 0 Å². The van der Waals surface area contributed by atoms with Gasteiger partial charge in [0.05, 0.1) is 25.8 Å². The summed E-state index contributed by atoms with van der Waals surface area (Å²) in [5.41, 5.74) is 2.32. The van der Waals surface area contributed by atoms with Crippen LogP contribution in [0.4, 0.5) is 0 Å².